The molecular weight excluding hydrogens is 542 g/mol. The van der Waals surface area contributed by atoms with E-state index in [1.54, 1.807) is 26.2 Å². The van der Waals surface area contributed by atoms with Gasteiger partial charge in [-0.25, -0.2) is 0 Å². The Balaban J connectivity index is 1.26. The lowest BCUT2D eigenvalue weighted by Crippen LogP contribution is -2.57. The number of aromatic amines is 1. The maximum absolute atomic E-state index is 13.2. The van der Waals surface area contributed by atoms with Crippen LogP contribution in [0.25, 0.3) is 0 Å². The summed E-state index contributed by atoms with van der Waals surface area (Å²) in [6.07, 6.45) is 6.13. The summed E-state index contributed by atoms with van der Waals surface area (Å²) in [6.45, 7) is 5.93. The van der Waals surface area contributed by atoms with Crippen LogP contribution in [-0.4, -0.2) is 71.7 Å². The lowest BCUT2D eigenvalue weighted by Gasteiger charge is -2.46. The molecule has 0 bridgehead atoms. The molecule has 0 spiro atoms. The van der Waals surface area contributed by atoms with Crippen molar-refractivity contribution in [1.29, 1.82) is 0 Å². The standard InChI is InChI=1S/C28H36ClN3O6S/c1-15-9-24(39(4)35)21(28(34)31-15)11-30-27(33)20-10-22(29)26-25(16(20)2)38-23(14-37-26)17-5-7-18(8-6-17)32-12-19(13-32)36-3/h9-10,17-19,23H,5-8,11-14H2,1-4H3,(H,30,33)(H,31,34)/t17?,18?,23-,39?/m1/s1. The molecule has 1 aliphatic carbocycles. The second kappa shape index (κ2) is 11.7. The monoisotopic (exact) mass is 577 g/mol. The Morgan fingerprint density at radius 3 is 2.62 bits per heavy atom. The van der Waals surface area contributed by atoms with Gasteiger partial charge in [0.05, 0.1) is 23.2 Å². The maximum Gasteiger partial charge on any atom is 0.258 e. The number of nitrogens with zero attached hydrogens (tertiary/aromatic N) is 1. The lowest BCUT2D eigenvalue weighted by molar-refractivity contribution is -0.0649. The molecule has 39 heavy (non-hydrogen) atoms. The minimum Gasteiger partial charge on any atom is -0.612 e. The van der Waals surface area contributed by atoms with Crippen molar-refractivity contribution in [3.63, 3.8) is 0 Å². The second-order valence-electron chi connectivity index (χ2n) is 10.8. The Morgan fingerprint density at radius 1 is 1.23 bits per heavy atom. The zero-order chi connectivity index (χ0) is 27.8. The molecule has 9 nitrogen and oxygen atoms in total. The summed E-state index contributed by atoms with van der Waals surface area (Å²) in [5.41, 5.74) is 1.48. The molecule has 5 rings (SSSR count). The number of halogens is 1. The van der Waals surface area contributed by atoms with Crippen molar-refractivity contribution in [3.8, 4) is 11.5 Å². The minimum absolute atomic E-state index is 0.0666. The number of carbonyl (C=O) groups excluding carboxylic acids is 1. The van der Waals surface area contributed by atoms with E-state index < -0.39 is 17.1 Å². The molecule has 1 amide bonds. The van der Waals surface area contributed by atoms with Crippen molar-refractivity contribution in [2.24, 2.45) is 5.92 Å². The zero-order valence-electron chi connectivity index (χ0n) is 22.8. The summed E-state index contributed by atoms with van der Waals surface area (Å²) in [4.78, 5) is 31.4. The number of rotatable bonds is 7. The molecule has 212 valence electrons. The summed E-state index contributed by atoms with van der Waals surface area (Å²) in [5.74, 6) is 0.923. The van der Waals surface area contributed by atoms with Crippen LogP contribution in [0.5, 0.6) is 11.5 Å². The van der Waals surface area contributed by atoms with Gasteiger partial charge in [-0.1, -0.05) is 11.6 Å². The van der Waals surface area contributed by atoms with Gasteiger partial charge in [0, 0.05) is 49.1 Å². The highest BCUT2D eigenvalue weighted by molar-refractivity contribution is 7.90. The number of nitrogens with one attached hydrogen (secondary N) is 2. The van der Waals surface area contributed by atoms with E-state index in [1.807, 2.05) is 6.92 Å². The highest BCUT2D eigenvalue weighted by Crippen LogP contribution is 2.45. The zero-order valence-corrected chi connectivity index (χ0v) is 24.4. The molecule has 3 heterocycles. The Hall–Kier alpha value is -2.24. The number of amides is 1. The number of methoxy groups -OCH3 is 1. The van der Waals surface area contributed by atoms with E-state index in [2.05, 4.69) is 15.2 Å². The largest absolute Gasteiger partial charge is 0.612 e. The fraction of sp³-hybridized carbons (Fsp3) is 0.571. The molecule has 1 aromatic carbocycles. The van der Waals surface area contributed by atoms with E-state index in [4.69, 9.17) is 25.8 Å². The SMILES string of the molecule is COC1CN(C2CCC([C@H]3COc4c(Cl)cc(C(=O)NCc5c([S+](C)[O-])cc(C)[nH]c5=O)c(C)c4O3)CC2)C1. The quantitative estimate of drug-likeness (QED) is 0.485. The summed E-state index contributed by atoms with van der Waals surface area (Å²) in [7, 11) is 1.77. The first kappa shape index (κ1) is 28.3. The van der Waals surface area contributed by atoms with Crippen LogP contribution < -0.4 is 20.3 Å². The van der Waals surface area contributed by atoms with Gasteiger partial charge in [0.15, 0.2) is 16.4 Å². The average Bonchev–Trinajstić information content (AvgIpc) is 2.89. The Bertz CT molecular complexity index is 1290. The summed E-state index contributed by atoms with van der Waals surface area (Å²) >= 11 is 5.15. The Labute approximate surface area is 236 Å². The van der Waals surface area contributed by atoms with Crippen LogP contribution in [0.3, 0.4) is 0 Å². The number of likely N-dealkylation sites (tertiary alicyclic amines) is 1. The topological polar surface area (TPSA) is 116 Å². The number of H-pyrrole nitrogens is 1. The van der Waals surface area contributed by atoms with Gasteiger partial charge in [0.25, 0.3) is 11.5 Å². The average molecular weight is 578 g/mol. The molecule has 2 aliphatic heterocycles. The van der Waals surface area contributed by atoms with Crippen molar-refractivity contribution in [2.75, 3.05) is 33.1 Å². The van der Waals surface area contributed by atoms with Gasteiger partial charge in [0.2, 0.25) is 0 Å². The van der Waals surface area contributed by atoms with Crippen molar-refractivity contribution < 1.29 is 23.6 Å². The van der Waals surface area contributed by atoms with E-state index in [-0.39, 0.29) is 23.8 Å². The van der Waals surface area contributed by atoms with Crippen molar-refractivity contribution >= 4 is 28.7 Å². The second-order valence-corrected chi connectivity index (χ2v) is 12.6. The van der Waals surface area contributed by atoms with Gasteiger partial charge in [0.1, 0.15) is 19.0 Å². The number of hydrogen-bond donors (Lipinski definition) is 2. The Kier molecular flexibility index (Phi) is 8.49. The molecule has 1 aromatic heterocycles. The summed E-state index contributed by atoms with van der Waals surface area (Å²) < 4.78 is 30.2. The van der Waals surface area contributed by atoms with E-state index in [1.165, 1.54) is 6.26 Å². The van der Waals surface area contributed by atoms with E-state index in [0.717, 1.165) is 38.8 Å². The van der Waals surface area contributed by atoms with E-state index in [9.17, 15) is 14.1 Å². The van der Waals surface area contributed by atoms with E-state index in [0.29, 0.717) is 62.9 Å². The van der Waals surface area contributed by atoms with Crippen molar-refractivity contribution in [3.05, 3.63) is 49.9 Å². The predicted molar refractivity (Wildman–Crippen MR) is 150 cm³/mol. The molecule has 2 N–H and O–H groups in total. The molecule has 0 radical (unpaired) electrons. The normalized spacial score (nSPS) is 24.2. The van der Waals surface area contributed by atoms with Gasteiger partial charge in [-0.2, -0.15) is 0 Å². The third-order valence-electron chi connectivity index (χ3n) is 8.30. The maximum atomic E-state index is 13.2. The fourth-order valence-corrected chi connectivity index (χ4v) is 7.03. The highest BCUT2D eigenvalue weighted by Gasteiger charge is 2.39. The first-order chi connectivity index (χ1) is 18.7. The highest BCUT2D eigenvalue weighted by atomic mass is 35.5. The van der Waals surface area contributed by atoms with Gasteiger partial charge < -0.3 is 29.1 Å². The summed E-state index contributed by atoms with van der Waals surface area (Å²) in [5, 5.41) is 3.09. The number of fused-ring (bicyclic) bond motifs is 1. The number of pyridine rings is 1. The lowest BCUT2D eigenvalue weighted by atomic mass is 9.81. The minimum atomic E-state index is -1.38. The van der Waals surface area contributed by atoms with Crippen LogP contribution in [0.4, 0.5) is 0 Å². The molecule has 2 fully saturated rings. The van der Waals surface area contributed by atoms with Crippen molar-refractivity contribution in [1.82, 2.24) is 15.2 Å². The molecule has 2 atom stereocenters. The van der Waals surface area contributed by atoms with Crippen LogP contribution >= 0.6 is 11.6 Å². The molecular formula is C28H36ClN3O6S. The van der Waals surface area contributed by atoms with Crippen LogP contribution in [0.15, 0.2) is 21.8 Å². The van der Waals surface area contributed by atoms with Gasteiger partial charge in [-0.05, 0) is 62.7 Å². The predicted octanol–water partition coefficient (Wildman–Crippen LogP) is 3.34. The third-order valence-corrected chi connectivity index (χ3v) is 9.57. The Morgan fingerprint density at radius 2 is 1.95 bits per heavy atom. The number of aromatic nitrogens is 1. The first-order valence-electron chi connectivity index (χ1n) is 13.4. The van der Waals surface area contributed by atoms with Crippen LogP contribution in [0.1, 0.15) is 52.9 Å². The number of hydrogen-bond acceptors (Lipinski definition) is 7. The molecule has 2 aromatic rings. The fourth-order valence-electron chi connectivity index (χ4n) is 5.93. The number of aryl methyl sites for hydroxylation is 1. The van der Waals surface area contributed by atoms with Gasteiger partial charge in [-0.15, -0.1) is 0 Å². The molecule has 3 aliphatic rings. The number of carbonyl (C=O) groups is 1. The van der Waals surface area contributed by atoms with Crippen LogP contribution in [0, 0.1) is 19.8 Å². The van der Waals surface area contributed by atoms with E-state index >= 15 is 0 Å². The smallest absolute Gasteiger partial charge is 0.258 e. The van der Waals surface area contributed by atoms with Crippen LogP contribution in [-0.2, 0) is 22.5 Å². The molecule has 1 saturated heterocycles. The molecule has 1 unspecified atom stereocenters. The first-order valence-corrected chi connectivity index (χ1v) is 15.3. The van der Waals surface area contributed by atoms with Crippen LogP contribution in [0.2, 0.25) is 5.02 Å². The van der Waals surface area contributed by atoms with Gasteiger partial charge >= 0.3 is 0 Å². The van der Waals surface area contributed by atoms with Crippen molar-refractivity contribution in [2.45, 2.75) is 69.2 Å². The van der Waals surface area contributed by atoms with Gasteiger partial charge in [-0.3, -0.25) is 14.5 Å². The molecule has 11 heteroatoms. The third kappa shape index (κ3) is 5.81. The summed E-state index contributed by atoms with van der Waals surface area (Å²) in [6, 6.07) is 3.83. The number of benzene rings is 1. The molecule has 1 saturated carbocycles. The number of ether oxygens (including phenoxy) is 3.